The Kier molecular flexibility index (Phi) is 7.35. The van der Waals surface area contributed by atoms with E-state index in [-0.39, 0.29) is 11.9 Å². The van der Waals surface area contributed by atoms with Gasteiger partial charge in [0.1, 0.15) is 0 Å². The molecule has 1 aromatic heterocycles. The van der Waals surface area contributed by atoms with E-state index < -0.39 is 10.2 Å². The maximum Gasteiger partial charge on any atom is 0.281 e. The summed E-state index contributed by atoms with van der Waals surface area (Å²) in [6.07, 6.45) is 2.72. The predicted octanol–water partition coefficient (Wildman–Crippen LogP) is 0.930. The van der Waals surface area contributed by atoms with Crippen LogP contribution in [0.3, 0.4) is 0 Å². The van der Waals surface area contributed by atoms with E-state index in [1.807, 2.05) is 0 Å². The molecule has 1 aromatic rings. The second-order valence-corrected chi connectivity index (χ2v) is 9.75. The van der Waals surface area contributed by atoms with Crippen molar-refractivity contribution in [2.24, 2.45) is 5.92 Å². The van der Waals surface area contributed by atoms with E-state index in [4.69, 9.17) is 4.52 Å². The number of aromatic nitrogens is 2. The van der Waals surface area contributed by atoms with Crippen molar-refractivity contribution in [3.8, 4) is 0 Å². The van der Waals surface area contributed by atoms with Crippen LogP contribution >= 0.6 is 0 Å². The Morgan fingerprint density at radius 1 is 1.37 bits per heavy atom. The zero-order valence-electron chi connectivity index (χ0n) is 16.9. The van der Waals surface area contributed by atoms with Crippen LogP contribution in [0.5, 0.6) is 0 Å². The van der Waals surface area contributed by atoms with Crippen LogP contribution < -0.4 is 0 Å². The second-order valence-electron chi connectivity index (χ2n) is 7.61. The summed E-state index contributed by atoms with van der Waals surface area (Å²) >= 11 is 0. The lowest BCUT2D eigenvalue weighted by Crippen LogP contribution is -2.53. The Morgan fingerprint density at radius 3 is 2.67 bits per heavy atom. The number of hydrogen-bond donors (Lipinski definition) is 0. The average Bonchev–Trinajstić information content (AvgIpc) is 3.01. The lowest BCUT2D eigenvalue weighted by molar-refractivity contribution is -0.131. The Bertz CT molecular complexity index is 731. The summed E-state index contributed by atoms with van der Waals surface area (Å²) in [5.41, 5.74) is 0. The van der Waals surface area contributed by atoms with Crippen LogP contribution in [0.15, 0.2) is 4.52 Å². The smallest absolute Gasteiger partial charge is 0.281 e. The molecule has 1 fully saturated rings. The molecule has 1 aliphatic heterocycles. The zero-order valence-corrected chi connectivity index (χ0v) is 17.7. The van der Waals surface area contributed by atoms with Gasteiger partial charge in [-0.1, -0.05) is 19.0 Å². The number of carbonyl (C=O) groups is 1. The Morgan fingerprint density at radius 2 is 2.07 bits per heavy atom. The van der Waals surface area contributed by atoms with Crippen molar-refractivity contribution in [2.75, 3.05) is 33.7 Å². The zero-order chi connectivity index (χ0) is 20.2. The van der Waals surface area contributed by atoms with Gasteiger partial charge in [-0.05, 0) is 18.8 Å². The van der Waals surface area contributed by atoms with E-state index >= 15 is 0 Å². The molecule has 1 aliphatic rings. The highest BCUT2D eigenvalue weighted by Gasteiger charge is 2.33. The summed E-state index contributed by atoms with van der Waals surface area (Å²) in [6, 6.07) is -0.145. The fourth-order valence-corrected chi connectivity index (χ4v) is 4.44. The molecule has 1 unspecified atom stereocenters. The fourth-order valence-electron chi connectivity index (χ4n) is 3.26. The first-order valence-electron chi connectivity index (χ1n) is 9.37. The number of rotatable bonds is 8. The van der Waals surface area contributed by atoms with E-state index in [0.29, 0.717) is 43.7 Å². The lowest BCUT2D eigenvalue weighted by Gasteiger charge is -2.39. The first kappa shape index (κ1) is 21.8. The summed E-state index contributed by atoms with van der Waals surface area (Å²) in [7, 11) is -0.437. The van der Waals surface area contributed by atoms with Crippen LogP contribution in [0.4, 0.5) is 0 Å². The van der Waals surface area contributed by atoms with Gasteiger partial charge in [-0.15, -0.1) is 0 Å². The van der Waals surface area contributed by atoms with Gasteiger partial charge in [0.05, 0.1) is 0 Å². The molecular formula is C17H31N5O4S. The SMILES string of the molecule is CC(=O)N(CCc1noc(CC(C)C)n1)C1CCCN(S(=O)(=O)N(C)C)C1. The molecule has 1 amide bonds. The van der Waals surface area contributed by atoms with Crippen LogP contribution in [-0.4, -0.2) is 77.7 Å². The molecule has 0 spiro atoms. The quantitative estimate of drug-likeness (QED) is 0.642. The summed E-state index contributed by atoms with van der Waals surface area (Å²) in [6.45, 7) is 6.91. The third-order valence-electron chi connectivity index (χ3n) is 4.66. The first-order chi connectivity index (χ1) is 12.6. The molecule has 0 aliphatic carbocycles. The fraction of sp³-hybridized carbons (Fsp3) is 0.824. The van der Waals surface area contributed by atoms with Crippen molar-refractivity contribution in [1.29, 1.82) is 0 Å². The Hall–Kier alpha value is -1.52. The van der Waals surface area contributed by atoms with Crippen molar-refractivity contribution >= 4 is 16.1 Å². The van der Waals surface area contributed by atoms with Gasteiger partial charge in [0.2, 0.25) is 11.8 Å². The summed E-state index contributed by atoms with van der Waals surface area (Å²) in [5, 5.41) is 3.99. The highest BCUT2D eigenvalue weighted by atomic mass is 32.2. The normalized spacial score (nSPS) is 19.0. The van der Waals surface area contributed by atoms with Gasteiger partial charge in [0.15, 0.2) is 5.82 Å². The van der Waals surface area contributed by atoms with Gasteiger partial charge in [-0.3, -0.25) is 4.79 Å². The van der Waals surface area contributed by atoms with Crippen molar-refractivity contribution in [3.63, 3.8) is 0 Å². The number of nitrogens with zero attached hydrogens (tertiary/aromatic N) is 5. The van der Waals surface area contributed by atoms with Gasteiger partial charge in [-0.25, -0.2) is 0 Å². The standard InChI is InChI=1S/C17H31N5O4S/c1-13(2)11-17-18-16(19-26-17)8-10-22(14(3)23)15-7-6-9-21(12-15)27(24,25)20(4)5/h13,15H,6-12H2,1-5H3. The molecule has 0 radical (unpaired) electrons. The van der Waals surface area contributed by atoms with Gasteiger partial charge >= 0.3 is 0 Å². The van der Waals surface area contributed by atoms with Gasteiger partial charge in [0, 0.05) is 59.5 Å². The predicted molar refractivity (Wildman–Crippen MR) is 101 cm³/mol. The molecule has 0 bridgehead atoms. The van der Waals surface area contributed by atoms with Crippen molar-refractivity contribution in [3.05, 3.63) is 11.7 Å². The van der Waals surface area contributed by atoms with E-state index in [1.54, 1.807) is 4.90 Å². The van der Waals surface area contributed by atoms with Crippen molar-refractivity contribution in [1.82, 2.24) is 23.7 Å². The number of hydrogen-bond acceptors (Lipinski definition) is 6. The van der Waals surface area contributed by atoms with Crippen LogP contribution in [0, 0.1) is 5.92 Å². The number of piperidine rings is 1. The summed E-state index contributed by atoms with van der Waals surface area (Å²) in [4.78, 5) is 18.3. The molecule has 2 rings (SSSR count). The largest absolute Gasteiger partial charge is 0.339 e. The van der Waals surface area contributed by atoms with E-state index in [2.05, 4.69) is 24.0 Å². The van der Waals surface area contributed by atoms with Gasteiger partial charge in [0.25, 0.3) is 10.2 Å². The third-order valence-corrected chi connectivity index (χ3v) is 6.57. The second kappa shape index (κ2) is 9.11. The maximum atomic E-state index is 12.4. The number of carbonyl (C=O) groups excluding carboxylic acids is 1. The van der Waals surface area contributed by atoms with Gasteiger partial charge < -0.3 is 9.42 Å². The van der Waals surface area contributed by atoms with E-state index in [0.717, 1.165) is 19.3 Å². The highest BCUT2D eigenvalue weighted by molar-refractivity contribution is 7.86. The molecule has 2 heterocycles. The van der Waals surface area contributed by atoms with Crippen molar-refractivity contribution < 1.29 is 17.7 Å². The molecule has 1 saturated heterocycles. The van der Waals surface area contributed by atoms with Crippen LogP contribution in [-0.2, 0) is 27.8 Å². The summed E-state index contributed by atoms with van der Waals surface area (Å²) in [5.74, 6) is 1.54. The molecule has 27 heavy (non-hydrogen) atoms. The van der Waals surface area contributed by atoms with E-state index in [9.17, 15) is 13.2 Å². The minimum Gasteiger partial charge on any atom is -0.339 e. The molecular weight excluding hydrogens is 370 g/mol. The Balaban J connectivity index is 2.02. The number of amides is 1. The highest BCUT2D eigenvalue weighted by Crippen LogP contribution is 2.20. The summed E-state index contributed by atoms with van der Waals surface area (Å²) < 4.78 is 32.7. The average molecular weight is 402 g/mol. The first-order valence-corrected chi connectivity index (χ1v) is 10.8. The molecule has 0 aromatic carbocycles. The van der Waals surface area contributed by atoms with Crippen LogP contribution in [0.2, 0.25) is 0 Å². The molecule has 9 nitrogen and oxygen atoms in total. The Labute approximate surface area is 161 Å². The molecule has 10 heteroatoms. The molecule has 1 atom stereocenters. The van der Waals surface area contributed by atoms with Crippen molar-refractivity contribution in [2.45, 2.75) is 52.5 Å². The monoisotopic (exact) mass is 401 g/mol. The lowest BCUT2D eigenvalue weighted by atomic mass is 10.1. The maximum absolute atomic E-state index is 12.4. The van der Waals surface area contributed by atoms with E-state index in [1.165, 1.54) is 29.6 Å². The molecule has 0 saturated carbocycles. The van der Waals surface area contributed by atoms with Crippen LogP contribution in [0.1, 0.15) is 45.3 Å². The minimum atomic E-state index is -3.48. The minimum absolute atomic E-state index is 0.0741. The molecule has 0 N–H and O–H groups in total. The molecule has 154 valence electrons. The van der Waals surface area contributed by atoms with Crippen LogP contribution in [0.25, 0.3) is 0 Å². The van der Waals surface area contributed by atoms with Gasteiger partial charge in [-0.2, -0.15) is 22.0 Å². The third kappa shape index (κ3) is 5.73. The topological polar surface area (TPSA) is 99.9 Å².